The van der Waals surface area contributed by atoms with E-state index < -0.39 is 5.41 Å². The van der Waals surface area contributed by atoms with Gasteiger partial charge in [-0.25, -0.2) is 0 Å². The SMILES string of the molecule is CC(C)c1cc([C@@](C#N)(c2ccccc2)c2c[nH]c3ccccc23)ccc1O. The van der Waals surface area contributed by atoms with E-state index in [9.17, 15) is 10.4 Å². The number of benzene rings is 3. The lowest BCUT2D eigenvalue weighted by atomic mass is 9.70. The van der Waals surface area contributed by atoms with E-state index in [1.165, 1.54) is 0 Å². The third-order valence-corrected chi connectivity index (χ3v) is 5.45. The van der Waals surface area contributed by atoms with Crippen molar-refractivity contribution in [3.05, 3.63) is 101 Å². The quantitative estimate of drug-likeness (QED) is 0.475. The highest BCUT2D eigenvalue weighted by molar-refractivity contribution is 5.87. The Labute approximate surface area is 164 Å². The van der Waals surface area contributed by atoms with Gasteiger partial charge in [-0.05, 0) is 40.8 Å². The molecular formula is C25H22N2O. The third-order valence-electron chi connectivity index (χ3n) is 5.45. The second-order valence-corrected chi connectivity index (χ2v) is 7.40. The fraction of sp³-hybridized carbons (Fsp3) is 0.160. The molecule has 28 heavy (non-hydrogen) atoms. The smallest absolute Gasteiger partial charge is 0.134 e. The molecule has 0 aliphatic heterocycles. The van der Waals surface area contributed by atoms with Gasteiger partial charge in [-0.2, -0.15) is 5.26 Å². The van der Waals surface area contributed by atoms with Crippen molar-refractivity contribution in [3.8, 4) is 11.8 Å². The first-order valence-electron chi connectivity index (χ1n) is 9.44. The maximum atomic E-state index is 10.6. The van der Waals surface area contributed by atoms with Crippen LogP contribution in [0.2, 0.25) is 0 Å². The molecule has 4 aromatic rings. The first-order chi connectivity index (χ1) is 13.6. The second kappa shape index (κ2) is 6.90. The highest BCUT2D eigenvalue weighted by atomic mass is 16.3. The van der Waals surface area contributed by atoms with Gasteiger partial charge in [-0.15, -0.1) is 0 Å². The summed E-state index contributed by atoms with van der Waals surface area (Å²) in [5, 5.41) is 21.9. The van der Waals surface area contributed by atoms with Gasteiger partial charge in [0.2, 0.25) is 0 Å². The Morgan fingerprint density at radius 3 is 2.36 bits per heavy atom. The topological polar surface area (TPSA) is 59.8 Å². The van der Waals surface area contributed by atoms with Gasteiger partial charge >= 0.3 is 0 Å². The summed E-state index contributed by atoms with van der Waals surface area (Å²) in [6.45, 7) is 4.09. The van der Waals surface area contributed by atoms with E-state index in [0.717, 1.165) is 33.2 Å². The van der Waals surface area contributed by atoms with E-state index in [1.54, 1.807) is 6.07 Å². The number of nitrogens with one attached hydrogen (secondary N) is 1. The van der Waals surface area contributed by atoms with Crippen molar-refractivity contribution in [1.29, 1.82) is 5.26 Å². The van der Waals surface area contributed by atoms with E-state index in [4.69, 9.17) is 0 Å². The number of fused-ring (bicyclic) bond motifs is 1. The van der Waals surface area contributed by atoms with E-state index >= 15 is 0 Å². The Morgan fingerprint density at radius 2 is 1.64 bits per heavy atom. The molecule has 2 N–H and O–H groups in total. The number of phenolic OH excluding ortho intramolecular Hbond substituents is 1. The summed E-state index contributed by atoms with van der Waals surface area (Å²) in [6.07, 6.45) is 1.93. The number of phenols is 1. The van der Waals surface area contributed by atoms with Crippen LogP contribution in [0.25, 0.3) is 10.9 Å². The molecule has 3 nitrogen and oxygen atoms in total. The third kappa shape index (κ3) is 2.66. The van der Waals surface area contributed by atoms with Crippen molar-refractivity contribution in [2.75, 3.05) is 0 Å². The monoisotopic (exact) mass is 366 g/mol. The largest absolute Gasteiger partial charge is 0.508 e. The summed E-state index contributed by atoms with van der Waals surface area (Å²) in [4.78, 5) is 3.32. The molecule has 138 valence electrons. The summed E-state index contributed by atoms with van der Waals surface area (Å²) >= 11 is 0. The van der Waals surface area contributed by atoms with E-state index in [-0.39, 0.29) is 11.7 Å². The minimum atomic E-state index is -0.988. The van der Waals surface area contributed by atoms with Crippen molar-refractivity contribution in [1.82, 2.24) is 4.98 Å². The molecule has 3 aromatic carbocycles. The number of rotatable bonds is 4. The summed E-state index contributed by atoms with van der Waals surface area (Å²) in [6, 6.07) is 26.0. The van der Waals surface area contributed by atoms with Crippen molar-refractivity contribution in [3.63, 3.8) is 0 Å². The number of hydrogen-bond donors (Lipinski definition) is 2. The van der Waals surface area contributed by atoms with Crippen LogP contribution in [-0.4, -0.2) is 10.1 Å². The van der Waals surface area contributed by atoms with Gasteiger partial charge in [0.15, 0.2) is 0 Å². The lowest BCUT2D eigenvalue weighted by molar-refractivity contribution is 0.464. The van der Waals surface area contributed by atoms with Gasteiger partial charge in [0.25, 0.3) is 0 Å². The number of hydrogen-bond acceptors (Lipinski definition) is 2. The molecule has 0 fully saturated rings. The second-order valence-electron chi connectivity index (χ2n) is 7.40. The van der Waals surface area contributed by atoms with Gasteiger partial charge < -0.3 is 10.1 Å². The lowest BCUT2D eigenvalue weighted by Crippen LogP contribution is -2.27. The fourth-order valence-electron chi connectivity index (χ4n) is 3.99. The molecule has 0 aliphatic rings. The molecule has 0 unspecified atom stereocenters. The van der Waals surface area contributed by atoms with Gasteiger partial charge in [-0.3, -0.25) is 0 Å². The lowest BCUT2D eigenvalue weighted by Gasteiger charge is -2.29. The molecule has 3 heteroatoms. The molecule has 0 radical (unpaired) electrons. The standard InChI is InChI=1S/C25H22N2O/c1-17(2)21-14-19(12-13-24(21)28)25(16-26,18-8-4-3-5-9-18)22-15-27-23-11-7-6-10-20(22)23/h3-15,17,27-28H,1-2H3/t25-/m1/s1. The molecule has 0 aliphatic carbocycles. The van der Waals surface area contributed by atoms with Crippen molar-refractivity contribution in [2.24, 2.45) is 0 Å². The molecule has 0 saturated heterocycles. The molecule has 0 bridgehead atoms. The zero-order valence-corrected chi connectivity index (χ0v) is 16.0. The van der Waals surface area contributed by atoms with Gasteiger partial charge in [-0.1, -0.05) is 68.4 Å². The van der Waals surface area contributed by atoms with E-state index in [2.05, 4.69) is 11.1 Å². The number of aromatic amines is 1. The highest BCUT2D eigenvalue weighted by Gasteiger charge is 2.39. The van der Waals surface area contributed by atoms with Crippen molar-refractivity contribution >= 4 is 10.9 Å². The minimum Gasteiger partial charge on any atom is -0.508 e. The van der Waals surface area contributed by atoms with E-state index in [0.29, 0.717) is 0 Å². The van der Waals surface area contributed by atoms with Gasteiger partial charge in [0, 0.05) is 22.7 Å². The van der Waals surface area contributed by atoms with Crippen LogP contribution < -0.4 is 0 Å². The Balaban J connectivity index is 2.09. The average Bonchev–Trinajstić information content (AvgIpc) is 3.15. The average molecular weight is 366 g/mol. The Morgan fingerprint density at radius 1 is 0.929 bits per heavy atom. The van der Waals surface area contributed by atoms with E-state index in [1.807, 2.05) is 86.8 Å². The molecule has 0 amide bonds. The Bertz CT molecular complexity index is 1170. The molecule has 1 heterocycles. The van der Waals surface area contributed by atoms with Gasteiger partial charge in [0.05, 0.1) is 6.07 Å². The van der Waals surface area contributed by atoms with Crippen LogP contribution in [0.4, 0.5) is 0 Å². The molecular weight excluding hydrogens is 344 g/mol. The number of aromatic nitrogens is 1. The first-order valence-corrected chi connectivity index (χ1v) is 9.44. The molecule has 1 atom stereocenters. The maximum absolute atomic E-state index is 10.6. The zero-order valence-electron chi connectivity index (χ0n) is 16.0. The Hall–Kier alpha value is -3.51. The van der Waals surface area contributed by atoms with Crippen molar-refractivity contribution in [2.45, 2.75) is 25.2 Å². The number of H-pyrrole nitrogens is 1. The summed E-state index contributed by atoms with van der Waals surface area (Å²) in [5.41, 5.74) is 3.52. The van der Waals surface area contributed by atoms with Crippen molar-refractivity contribution < 1.29 is 5.11 Å². The molecule has 1 aromatic heterocycles. The summed E-state index contributed by atoms with van der Waals surface area (Å²) in [7, 11) is 0. The maximum Gasteiger partial charge on any atom is 0.134 e. The van der Waals surface area contributed by atoms with Crippen LogP contribution in [0.3, 0.4) is 0 Å². The van der Waals surface area contributed by atoms with Crippen LogP contribution in [-0.2, 0) is 5.41 Å². The fourth-order valence-corrected chi connectivity index (χ4v) is 3.99. The Kier molecular flexibility index (Phi) is 4.41. The summed E-state index contributed by atoms with van der Waals surface area (Å²) < 4.78 is 0. The number of para-hydroxylation sites is 1. The first kappa shape index (κ1) is 17.9. The number of nitrogens with zero attached hydrogens (tertiary/aromatic N) is 1. The predicted molar refractivity (Wildman–Crippen MR) is 112 cm³/mol. The van der Waals surface area contributed by atoms with Crippen LogP contribution in [0.15, 0.2) is 79.0 Å². The van der Waals surface area contributed by atoms with Crippen LogP contribution >= 0.6 is 0 Å². The van der Waals surface area contributed by atoms with Crippen LogP contribution in [0, 0.1) is 11.3 Å². The molecule has 0 spiro atoms. The summed E-state index contributed by atoms with van der Waals surface area (Å²) in [5.74, 6) is 0.410. The number of nitriles is 1. The van der Waals surface area contributed by atoms with Gasteiger partial charge in [0.1, 0.15) is 11.2 Å². The predicted octanol–water partition coefficient (Wildman–Crippen LogP) is 5.85. The van der Waals surface area contributed by atoms with Crippen LogP contribution in [0.5, 0.6) is 5.75 Å². The minimum absolute atomic E-state index is 0.148. The van der Waals surface area contributed by atoms with Crippen LogP contribution in [0.1, 0.15) is 42.0 Å². The normalized spacial score (nSPS) is 13.4. The zero-order chi connectivity index (χ0) is 19.7. The molecule has 0 saturated carbocycles. The number of aromatic hydroxyl groups is 1. The molecule has 4 rings (SSSR count). The highest BCUT2D eigenvalue weighted by Crippen LogP contribution is 2.43.